The number of aromatic nitrogens is 2. The lowest BCUT2D eigenvalue weighted by Gasteiger charge is -1.99. The molecule has 2 nitrogen and oxygen atoms in total. The molecule has 21 heavy (non-hydrogen) atoms. The molecule has 1 rings (SSSR count). The SMILES string of the molecule is CCCCCCCCn1cc[n+](CSCCCCCC)c1. The smallest absolute Gasteiger partial charge is 0.237 e. The molecule has 0 aliphatic rings. The summed E-state index contributed by atoms with van der Waals surface area (Å²) in [5.74, 6) is 2.41. The maximum atomic E-state index is 2.34. The molecule has 0 saturated heterocycles. The fourth-order valence-corrected chi connectivity index (χ4v) is 3.42. The summed E-state index contributed by atoms with van der Waals surface area (Å²) in [7, 11) is 0. The first-order valence-corrected chi connectivity index (χ1v) is 10.1. The number of imidazole rings is 1. The highest BCUT2D eigenvalue weighted by molar-refractivity contribution is 7.98. The van der Waals surface area contributed by atoms with Crippen LogP contribution in [0.2, 0.25) is 0 Å². The third-order valence-corrected chi connectivity index (χ3v) is 4.96. The van der Waals surface area contributed by atoms with Gasteiger partial charge in [-0.2, -0.15) is 0 Å². The van der Waals surface area contributed by atoms with Gasteiger partial charge >= 0.3 is 0 Å². The van der Waals surface area contributed by atoms with Gasteiger partial charge < -0.3 is 0 Å². The molecule has 1 heterocycles. The number of rotatable bonds is 14. The largest absolute Gasteiger partial charge is 0.244 e. The highest BCUT2D eigenvalue weighted by Crippen LogP contribution is 2.08. The third-order valence-electron chi connectivity index (χ3n) is 3.90. The first-order chi connectivity index (χ1) is 10.4. The van der Waals surface area contributed by atoms with E-state index >= 15 is 0 Å². The standard InChI is InChI=1S/C18H35N2S/c1-3-5-7-9-10-11-13-19-14-15-20(17-19)18-21-16-12-8-6-4-2/h14-15,17H,3-13,16,18H2,1-2H3/q+1. The molecule has 0 aromatic carbocycles. The Morgan fingerprint density at radius 1 is 0.857 bits per heavy atom. The summed E-state index contributed by atoms with van der Waals surface area (Å²) in [4.78, 5) is 0. The average molecular weight is 312 g/mol. The molecule has 1 aromatic rings. The van der Waals surface area contributed by atoms with Gasteiger partial charge in [0.05, 0.1) is 6.54 Å². The fourth-order valence-electron chi connectivity index (χ4n) is 2.52. The van der Waals surface area contributed by atoms with E-state index in [1.54, 1.807) is 0 Å². The molecule has 0 bridgehead atoms. The van der Waals surface area contributed by atoms with Crippen LogP contribution in [-0.2, 0) is 12.4 Å². The van der Waals surface area contributed by atoms with E-state index in [1.165, 1.54) is 76.5 Å². The summed E-state index contributed by atoms with van der Waals surface area (Å²) < 4.78 is 4.67. The van der Waals surface area contributed by atoms with Gasteiger partial charge in [-0.1, -0.05) is 58.8 Å². The summed E-state index contributed by atoms with van der Waals surface area (Å²) >= 11 is 2.06. The van der Waals surface area contributed by atoms with Crippen LogP contribution in [0.15, 0.2) is 18.7 Å². The molecule has 0 aliphatic carbocycles. The number of nitrogens with zero attached hydrogens (tertiary/aromatic N) is 2. The van der Waals surface area contributed by atoms with Crippen LogP contribution >= 0.6 is 11.8 Å². The minimum absolute atomic E-state index is 1.11. The molecule has 3 heteroatoms. The first-order valence-electron chi connectivity index (χ1n) is 8.99. The number of aryl methyl sites for hydroxylation is 1. The Balaban J connectivity index is 2.01. The van der Waals surface area contributed by atoms with Crippen LogP contribution in [0.25, 0.3) is 0 Å². The van der Waals surface area contributed by atoms with E-state index in [-0.39, 0.29) is 0 Å². The zero-order chi connectivity index (χ0) is 15.2. The van der Waals surface area contributed by atoms with Gasteiger partial charge in [0, 0.05) is 0 Å². The van der Waals surface area contributed by atoms with E-state index in [0.717, 1.165) is 5.88 Å². The van der Waals surface area contributed by atoms with Crippen LogP contribution < -0.4 is 4.57 Å². The summed E-state index contributed by atoms with van der Waals surface area (Å²) in [5.41, 5.74) is 0. The predicted octanol–water partition coefficient (Wildman–Crippen LogP) is 5.41. The van der Waals surface area contributed by atoms with E-state index in [2.05, 4.69) is 53.5 Å². The molecule has 0 spiro atoms. The van der Waals surface area contributed by atoms with E-state index in [9.17, 15) is 0 Å². The molecule has 0 atom stereocenters. The van der Waals surface area contributed by atoms with Crippen molar-refractivity contribution >= 4 is 11.8 Å². The average Bonchev–Trinajstić information content (AvgIpc) is 2.94. The molecule has 0 radical (unpaired) electrons. The zero-order valence-corrected chi connectivity index (χ0v) is 15.0. The van der Waals surface area contributed by atoms with Gasteiger partial charge in [-0.3, -0.25) is 0 Å². The molecule has 1 aromatic heterocycles. The fraction of sp³-hybridized carbons (Fsp3) is 0.833. The lowest BCUT2D eigenvalue weighted by molar-refractivity contribution is -0.675. The van der Waals surface area contributed by atoms with Crippen molar-refractivity contribution in [3.05, 3.63) is 18.7 Å². The summed E-state index contributed by atoms with van der Waals surface area (Å²) in [5, 5.41) is 0. The molecular weight excluding hydrogens is 276 g/mol. The second kappa shape index (κ2) is 13.2. The van der Waals surface area contributed by atoms with Gasteiger partial charge in [0.15, 0.2) is 0 Å². The minimum atomic E-state index is 1.11. The maximum Gasteiger partial charge on any atom is 0.244 e. The topological polar surface area (TPSA) is 8.81 Å². The van der Waals surface area contributed by atoms with Crippen molar-refractivity contribution in [1.29, 1.82) is 0 Å². The highest BCUT2D eigenvalue weighted by Gasteiger charge is 2.03. The van der Waals surface area contributed by atoms with Gasteiger partial charge in [-0.05, 0) is 25.0 Å². The summed E-state index contributed by atoms with van der Waals surface area (Å²) in [6.07, 6.45) is 20.5. The third kappa shape index (κ3) is 10.00. The Bertz CT molecular complexity index is 305. The number of unbranched alkanes of at least 4 members (excludes halogenated alkanes) is 8. The van der Waals surface area contributed by atoms with Crippen molar-refractivity contribution in [2.24, 2.45) is 0 Å². The second-order valence-electron chi connectivity index (χ2n) is 6.03. The molecule has 0 N–H and O–H groups in total. The van der Waals surface area contributed by atoms with E-state index in [1.807, 2.05) is 0 Å². The molecule has 0 aliphatic heterocycles. The lowest BCUT2D eigenvalue weighted by atomic mass is 10.1. The van der Waals surface area contributed by atoms with Gasteiger partial charge in [0.2, 0.25) is 6.33 Å². The number of hydrogen-bond donors (Lipinski definition) is 0. The van der Waals surface area contributed by atoms with Crippen molar-refractivity contribution in [2.45, 2.75) is 90.5 Å². The normalized spacial score (nSPS) is 11.1. The Morgan fingerprint density at radius 3 is 2.29 bits per heavy atom. The molecule has 0 fully saturated rings. The predicted molar refractivity (Wildman–Crippen MR) is 94.6 cm³/mol. The van der Waals surface area contributed by atoms with Gasteiger partial charge in [-0.15, -0.1) is 11.8 Å². The van der Waals surface area contributed by atoms with Crippen LogP contribution in [0.5, 0.6) is 0 Å². The van der Waals surface area contributed by atoms with Crippen LogP contribution in [0.1, 0.15) is 78.1 Å². The molecule has 122 valence electrons. The summed E-state index contributed by atoms with van der Waals surface area (Å²) in [6, 6.07) is 0. The zero-order valence-electron chi connectivity index (χ0n) is 14.2. The van der Waals surface area contributed by atoms with E-state index < -0.39 is 0 Å². The monoisotopic (exact) mass is 311 g/mol. The van der Waals surface area contributed by atoms with Crippen molar-refractivity contribution in [1.82, 2.24) is 4.57 Å². The van der Waals surface area contributed by atoms with E-state index in [0.29, 0.717) is 0 Å². The van der Waals surface area contributed by atoms with Gasteiger partial charge in [0.25, 0.3) is 0 Å². The van der Waals surface area contributed by atoms with Crippen LogP contribution in [0, 0.1) is 0 Å². The van der Waals surface area contributed by atoms with Crippen molar-refractivity contribution in [3.63, 3.8) is 0 Å². The maximum absolute atomic E-state index is 2.34. The first kappa shape index (κ1) is 18.6. The van der Waals surface area contributed by atoms with Crippen molar-refractivity contribution < 1.29 is 4.57 Å². The second-order valence-corrected chi connectivity index (χ2v) is 7.11. The van der Waals surface area contributed by atoms with Gasteiger partial charge in [-0.25, -0.2) is 9.13 Å². The Labute approximate surface area is 136 Å². The van der Waals surface area contributed by atoms with Crippen LogP contribution in [0.3, 0.4) is 0 Å². The quantitative estimate of drug-likeness (QED) is 0.330. The Morgan fingerprint density at radius 2 is 1.52 bits per heavy atom. The Kier molecular flexibility index (Phi) is 11.7. The van der Waals surface area contributed by atoms with Gasteiger partial charge in [0.1, 0.15) is 18.3 Å². The van der Waals surface area contributed by atoms with E-state index in [4.69, 9.17) is 0 Å². The molecule has 0 amide bonds. The molecule has 0 saturated carbocycles. The minimum Gasteiger partial charge on any atom is -0.237 e. The van der Waals surface area contributed by atoms with Crippen molar-refractivity contribution in [2.75, 3.05) is 5.75 Å². The summed E-state index contributed by atoms with van der Waals surface area (Å²) in [6.45, 7) is 5.73. The lowest BCUT2D eigenvalue weighted by Crippen LogP contribution is -2.29. The van der Waals surface area contributed by atoms with Crippen molar-refractivity contribution in [3.8, 4) is 0 Å². The number of hydrogen-bond acceptors (Lipinski definition) is 1. The molecular formula is C18H35N2S+. The Hall–Kier alpha value is -0.440. The van der Waals surface area contributed by atoms with Crippen LogP contribution in [-0.4, -0.2) is 10.3 Å². The highest BCUT2D eigenvalue weighted by atomic mass is 32.2. The molecule has 0 unspecified atom stereocenters. The number of thioether (sulfide) groups is 1. The van der Waals surface area contributed by atoms with Crippen LogP contribution in [0.4, 0.5) is 0 Å².